The van der Waals surface area contributed by atoms with Crippen LogP contribution in [0.2, 0.25) is 0 Å². The predicted molar refractivity (Wildman–Crippen MR) is 89.4 cm³/mol. The molecule has 1 fully saturated rings. The van der Waals surface area contributed by atoms with Crippen LogP contribution in [0.3, 0.4) is 0 Å². The van der Waals surface area contributed by atoms with Gasteiger partial charge in [-0.15, -0.1) is 35.0 Å². The van der Waals surface area contributed by atoms with Gasteiger partial charge in [0.2, 0.25) is 5.91 Å². The summed E-state index contributed by atoms with van der Waals surface area (Å²) in [6, 6.07) is -0.106. The number of nitrogens with two attached hydrogens (primary N) is 1. The van der Waals surface area contributed by atoms with Gasteiger partial charge in [-0.1, -0.05) is 12.8 Å². The molecule has 1 saturated carbocycles. The van der Waals surface area contributed by atoms with E-state index in [4.69, 9.17) is 5.73 Å². The zero-order valence-corrected chi connectivity index (χ0v) is 14.5. The van der Waals surface area contributed by atoms with E-state index in [0.29, 0.717) is 6.54 Å². The fraction of sp³-hybridized carbons (Fsp3) is 0.786. The molecule has 8 heteroatoms. The van der Waals surface area contributed by atoms with Gasteiger partial charge in [0.25, 0.3) is 0 Å². The summed E-state index contributed by atoms with van der Waals surface area (Å²) in [6.07, 6.45) is 6.10. The number of nitrogens with zero attached hydrogens (tertiary/aromatic N) is 3. The Labute approximate surface area is 143 Å². The summed E-state index contributed by atoms with van der Waals surface area (Å²) >= 11 is 0. The maximum Gasteiger partial charge on any atom is 0.228 e. The fourth-order valence-electron chi connectivity index (χ4n) is 3.48. The maximum atomic E-state index is 12.6. The van der Waals surface area contributed by atoms with Crippen molar-refractivity contribution >= 4 is 30.7 Å². The Hall–Kier alpha value is -0.850. The largest absolute Gasteiger partial charge is 0.346 e. The van der Waals surface area contributed by atoms with Crippen LogP contribution in [0.4, 0.5) is 0 Å². The van der Waals surface area contributed by atoms with Crippen molar-refractivity contribution < 1.29 is 4.79 Å². The molecular weight excluding hydrogens is 325 g/mol. The summed E-state index contributed by atoms with van der Waals surface area (Å²) in [5, 5.41) is 11.5. The summed E-state index contributed by atoms with van der Waals surface area (Å²) in [7, 11) is 0. The van der Waals surface area contributed by atoms with Gasteiger partial charge >= 0.3 is 0 Å². The Balaban J connectivity index is 0.00000121. The highest BCUT2D eigenvalue weighted by atomic mass is 35.5. The van der Waals surface area contributed by atoms with Crippen molar-refractivity contribution in [2.24, 2.45) is 11.1 Å². The van der Waals surface area contributed by atoms with Gasteiger partial charge in [0.15, 0.2) is 5.82 Å². The molecule has 1 atom stereocenters. The zero-order valence-electron chi connectivity index (χ0n) is 12.9. The van der Waals surface area contributed by atoms with Crippen molar-refractivity contribution in [2.45, 2.75) is 58.0 Å². The molecular formula is C14H25Cl2N5O. The summed E-state index contributed by atoms with van der Waals surface area (Å²) in [4.78, 5) is 12.6. The SMILES string of the molecule is CC(NC(=O)C1(CN)CCCC1)c1nnc2n1CCC2.Cl.Cl. The Morgan fingerprint density at radius 3 is 2.64 bits per heavy atom. The third-order valence-corrected chi connectivity index (χ3v) is 4.81. The number of hydrogen-bond donors (Lipinski definition) is 2. The molecule has 3 rings (SSSR count). The topological polar surface area (TPSA) is 85.8 Å². The van der Waals surface area contributed by atoms with Crippen LogP contribution >= 0.6 is 24.8 Å². The fourth-order valence-corrected chi connectivity index (χ4v) is 3.48. The van der Waals surface area contributed by atoms with Gasteiger partial charge in [-0.3, -0.25) is 4.79 Å². The second kappa shape index (κ2) is 7.62. The predicted octanol–water partition coefficient (Wildman–Crippen LogP) is 1.76. The van der Waals surface area contributed by atoms with Gasteiger partial charge in [0.05, 0.1) is 11.5 Å². The summed E-state index contributed by atoms with van der Waals surface area (Å²) in [5.41, 5.74) is 5.50. The van der Waals surface area contributed by atoms with E-state index in [-0.39, 0.29) is 42.2 Å². The number of amides is 1. The van der Waals surface area contributed by atoms with Crippen molar-refractivity contribution in [1.82, 2.24) is 20.1 Å². The average molecular weight is 350 g/mol. The number of nitrogens with one attached hydrogen (secondary N) is 1. The minimum Gasteiger partial charge on any atom is -0.346 e. The number of aryl methyl sites for hydroxylation is 1. The molecule has 2 aliphatic rings. The van der Waals surface area contributed by atoms with Crippen molar-refractivity contribution in [3.8, 4) is 0 Å². The highest BCUT2D eigenvalue weighted by Crippen LogP contribution is 2.37. The number of carbonyl (C=O) groups is 1. The standard InChI is InChI=1S/C14H23N5O.2ClH/c1-10(12-18-17-11-5-4-8-19(11)12)16-13(20)14(9-15)6-2-3-7-14;;/h10H,2-9,15H2,1H3,(H,16,20);2*1H. The quantitative estimate of drug-likeness (QED) is 0.867. The Kier molecular flexibility index (Phi) is 6.65. The maximum absolute atomic E-state index is 12.6. The van der Waals surface area contributed by atoms with E-state index in [1.165, 1.54) is 0 Å². The van der Waals surface area contributed by atoms with Crippen LogP contribution in [0, 0.1) is 5.41 Å². The average Bonchev–Trinajstić information content (AvgIpc) is 3.14. The van der Waals surface area contributed by atoms with E-state index >= 15 is 0 Å². The normalized spacial score (nSPS) is 19.7. The van der Waals surface area contributed by atoms with E-state index in [1.54, 1.807) is 0 Å². The Bertz CT molecular complexity index is 513. The molecule has 0 saturated heterocycles. The van der Waals surface area contributed by atoms with Crippen LogP contribution in [-0.4, -0.2) is 27.2 Å². The molecule has 1 aliphatic carbocycles. The highest BCUT2D eigenvalue weighted by molar-refractivity contribution is 5.85. The second-order valence-electron chi connectivity index (χ2n) is 6.12. The molecule has 1 aromatic heterocycles. The first-order chi connectivity index (χ1) is 9.66. The van der Waals surface area contributed by atoms with Gasteiger partial charge in [-0.25, -0.2) is 0 Å². The lowest BCUT2D eigenvalue weighted by Crippen LogP contribution is -2.45. The first kappa shape index (κ1) is 19.2. The van der Waals surface area contributed by atoms with Crippen LogP contribution in [0.1, 0.15) is 56.7 Å². The molecule has 1 amide bonds. The zero-order chi connectivity index (χ0) is 14.2. The monoisotopic (exact) mass is 349 g/mol. The van der Waals surface area contributed by atoms with Gasteiger partial charge in [-0.2, -0.15) is 0 Å². The number of rotatable bonds is 4. The number of halogens is 2. The summed E-state index contributed by atoms with van der Waals surface area (Å²) < 4.78 is 2.13. The third kappa shape index (κ3) is 3.24. The molecule has 0 spiro atoms. The minimum absolute atomic E-state index is 0. The first-order valence-corrected chi connectivity index (χ1v) is 7.59. The van der Waals surface area contributed by atoms with Crippen LogP contribution in [0.5, 0.6) is 0 Å². The van der Waals surface area contributed by atoms with E-state index in [9.17, 15) is 4.79 Å². The lowest BCUT2D eigenvalue weighted by Gasteiger charge is -2.27. The molecule has 22 heavy (non-hydrogen) atoms. The lowest BCUT2D eigenvalue weighted by atomic mass is 9.85. The van der Waals surface area contributed by atoms with Gasteiger partial charge in [0, 0.05) is 19.5 Å². The number of fused-ring (bicyclic) bond motifs is 1. The highest BCUT2D eigenvalue weighted by Gasteiger charge is 2.40. The molecule has 6 nitrogen and oxygen atoms in total. The van der Waals surface area contributed by atoms with Crippen molar-refractivity contribution in [3.63, 3.8) is 0 Å². The molecule has 126 valence electrons. The summed E-state index contributed by atoms with van der Waals surface area (Å²) in [6.45, 7) is 3.37. The number of hydrogen-bond acceptors (Lipinski definition) is 4. The van der Waals surface area contributed by atoms with Crippen LogP contribution in [-0.2, 0) is 17.8 Å². The van der Waals surface area contributed by atoms with E-state index < -0.39 is 0 Å². The molecule has 0 aromatic carbocycles. The Morgan fingerprint density at radius 1 is 1.32 bits per heavy atom. The minimum atomic E-state index is -0.359. The first-order valence-electron chi connectivity index (χ1n) is 7.59. The van der Waals surface area contributed by atoms with E-state index in [1.807, 2.05) is 6.92 Å². The van der Waals surface area contributed by atoms with Crippen molar-refractivity contribution in [2.75, 3.05) is 6.54 Å². The van der Waals surface area contributed by atoms with E-state index in [0.717, 1.165) is 56.7 Å². The number of aromatic nitrogens is 3. The van der Waals surface area contributed by atoms with Gasteiger partial charge < -0.3 is 15.6 Å². The molecule has 0 bridgehead atoms. The second-order valence-corrected chi connectivity index (χ2v) is 6.12. The molecule has 2 heterocycles. The van der Waals surface area contributed by atoms with Crippen LogP contribution in [0.25, 0.3) is 0 Å². The third-order valence-electron chi connectivity index (χ3n) is 4.81. The Morgan fingerprint density at radius 2 is 2.00 bits per heavy atom. The molecule has 1 aromatic rings. The molecule has 1 aliphatic heterocycles. The van der Waals surface area contributed by atoms with Crippen LogP contribution in [0.15, 0.2) is 0 Å². The molecule has 3 N–H and O–H groups in total. The van der Waals surface area contributed by atoms with Gasteiger partial charge in [0.1, 0.15) is 5.82 Å². The lowest BCUT2D eigenvalue weighted by molar-refractivity contribution is -0.131. The van der Waals surface area contributed by atoms with Gasteiger partial charge in [-0.05, 0) is 26.2 Å². The van der Waals surface area contributed by atoms with E-state index in [2.05, 4.69) is 20.1 Å². The molecule has 1 unspecified atom stereocenters. The van der Waals surface area contributed by atoms with Crippen LogP contribution < -0.4 is 11.1 Å². The van der Waals surface area contributed by atoms with Crippen molar-refractivity contribution in [3.05, 3.63) is 11.6 Å². The summed E-state index contributed by atoms with van der Waals surface area (Å²) in [5.74, 6) is 1.99. The molecule has 0 radical (unpaired) electrons. The van der Waals surface area contributed by atoms with Crippen molar-refractivity contribution in [1.29, 1.82) is 0 Å². The smallest absolute Gasteiger partial charge is 0.228 e. The number of carbonyl (C=O) groups excluding carboxylic acids is 1.